The predicted octanol–water partition coefficient (Wildman–Crippen LogP) is -0.0643. The van der Waals surface area contributed by atoms with Crippen molar-refractivity contribution in [3.05, 3.63) is 0 Å². The van der Waals surface area contributed by atoms with Gasteiger partial charge in [0, 0.05) is 18.5 Å². The molecule has 1 unspecified atom stereocenters. The second kappa shape index (κ2) is 4.94. The molecule has 0 aliphatic carbocycles. The van der Waals surface area contributed by atoms with E-state index in [0.29, 0.717) is 6.04 Å². The summed E-state index contributed by atoms with van der Waals surface area (Å²) in [6.45, 7) is 4.36. The van der Waals surface area contributed by atoms with E-state index >= 15 is 0 Å². The summed E-state index contributed by atoms with van der Waals surface area (Å²) in [7, 11) is 0. The molecule has 2 rings (SSSR count). The zero-order chi connectivity index (χ0) is 10.7. The van der Waals surface area contributed by atoms with Crippen LogP contribution < -0.4 is 11.1 Å². The number of rotatable bonds is 2. The minimum absolute atomic E-state index is 0.114. The van der Waals surface area contributed by atoms with Crippen LogP contribution in [0.15, 0.2) is 0 Å². The lowest BCUT2D eigenvalue weighted by atomic mass is 9.94. The Kier molecular flexibility index (Phi) is 3.59. The lowest BCUT2D eigenvalue weighted by Gasteiger charge is -2.38. The summed E-state index contributed by atoms with van der Waals surface area (Å²) in [6, 6.07) is 0.688. The first kappa shape index (κ1) is 10.9. The number of likely N-dealkylation sites (tertiary alicyclic amines) is 1. The van der Waals surface area contributed by atoms with Crippen LogP contribution in [0, 0.1) is 5.92 Å². The first-order chi connectivity index (χ1) is 7.27. The van der Waals surface area contributed by atoms with Crippen LogP contribution in [0.5, 0.6) is 0 Å². The summed E-state index contributed by atoms with van der Waals surface area (Å²) in [6.07, 6.45) is 4.48. The highest BCUT2D eigenvalue weighted by atomic mass is 16.1. The highest BCUT2D eigenvalue weighted by Crippen LogP contribution is 2.21. The van der Waals surface area contributed by atoms with Gasteiger partial charge in [0.2, 0.25) is 5.91 Å². The minimum Gasteiger partial charge on any atom is -0.369 e. The van der Waals surface area contributed by atoms with Crippen LogP contribution in [-0.2, 0) is 4.79 Å². The first-order valence-electron chi connectivity index (χ1n) is 6.01. The van der Waals surface area contributed by atoms with Crippen molar-refractivity contribution in [2.24, 2.45) is 11.7 Å². The van der Waals surface area contributed by atoms with Gasteiger partial charge in [-0.1, -0.05) is 0 Å². The number of amides is 1. The Labute approximate surface area is 91.2 Å². The molecule has 0 aromatic heterocycles. The number of primary amides is 1. The molecule has 0 bridgehead atoms. The highest BCUT2D eigenvalue weighted by molar-refractivity contribution is 5.76. The normalized spacial score (nSPS) is 30.3. The monoisotopic (exact) mass is 211 g/mol. The predicted molar refractivity (Wildman–Crippen MR) is 59.4 cm³/mol. The molecule has 2 aliphatic rings. The molecule has 2 fully saturated rings. The molecule has 3 N–H and O–H groups in total. The van der Waals surface area contributed by atoms with Crippen LogP contribution in [0.3, 0.4) is 0 Å². The summed E-state index contributed by atoms with van der Waals surface area (Å²) >= 11 is 0. The Bertz CT molecular complexity index is 218. The summed E-state index contributed by atoms with van der Waals surface area (Å²) < 4.78 is 0. The van der Waals surface area contributed by atoms with Gasteiger partial charge in [-0.2, -0.15) is 0 Å². The molecule has 15 heavy (non-hydrogen) atoms. The first-order valence-corrected chi connectivity index (χ1v) is 6.01. The smallest absolute Gasteiger partial charge is 0.220 e. The van der Waals surface area contributed by atoms with Gasteiger partial charge >= 0.3 is 0 Å². The lowest BCUT2D eigenvalue weighted by molar-refractivity contribution is -0.123. The topological polar surface area (TPSA) is 58.4 Å². The standard InChI is InChI=1S/C11H21N3O/c12-11(15)9-3-6-14(7-4-9)10-2-1-5-13-8-10/h9-10,13H,1-8H2,(H2,12,15). The molecule has 1 atom stereocenters. The summed E-state index contributed by atoms with van der Waals surface area (Å²) in [5.41, 5.74) is 5.32. The third-order valence-electron chi connectivity index (χ3n) is 3.72. The van der Waals surface area contributed by atoms with Crippen molar-refractivity contribution >= 4 is 5.91 Å². The van der Waals surface area contributed by atoms with Crippen molar-refractivity contribution in [3.8, 4) is 0 Å². The molecule has 2 heterocycles. The van der Waals surface area contributed by atoms with Gasteiger partial charge in [-0.15, -0.1) is 0 Å². The average Bonchev–Trinajstić information content (AvgIpc) is 2.30. The number of hydrogen-bond acceptors (Lipinski definition) is 3. The quantitative estimate of drug-likeness (QED) is 0.672. The maximum atomic E-state index is 11.0. The summed E-state index contributed by atoms with van der Waals surface area (Å²) in [5, 5.41) is 3.43. The van der Waals surface area contributed by atoms with Crippen LogP contribution in [-0.4, -0.2) is 43.0 Å². The van der Waals surface area contributed by atoms with E-state index in [1.54, 1.807) is 0 Å². The van der Waals surface area contributed by atoms with Gasteiger partial charge in [-0.05, 0) is 45.3 Å². The number of carbonyl (C=O) groups excluding carboxylic acids is 1. The molecule has 1 amide bonds. The van der Waals surface area contributed by atoms with Crippen LogP contribution >= 0.6 is 0 Å². The SMILES string of the molecule is NC(=O)C1CCN(C2CCCNC2)CC1. The third-order valence-corrected chi connectivity index (χ3v) is 3.72. The van der Waals surface area contributed by atoms with Crippen molar-refractivity contribution in [2.75, 3.05) is 26.2 Å². The Morgan fingerprint density at radius 2 is 2.00 bits per heavy atom. The molecule has 2 saturated heterocycles. The van der Waals surface area contributed by atoms with Crippen LogP contribution in [0.25, 0.3) is 0 Å². The zero-order valence-electron chi connectivity index (χ0n) is 9.24. The van der Waals surface area contributed by atoms with Gasteiger partial charge in [-0.25, -0.2) is 0 Å². The van der Waals surface area contributed by atoms with E-state index in [4.69, 9.17) is 5.73 Å². The van der Waals surface area contributed by atoms with Gasteiger partial charge in [-0.3, -0.25) is 9.69 Å². The Hall–Kier alpha value is -0.610. The second-order valence-corrected chi connectivity index (χ2v) is 4.71. The van der Waals surface area contributed by atoms with E-state index in [1.165, 1.54) is 12.8 Å². The van der Waals surface area contributed by atoms with Crippen molar-refractivity contribution in [1.82, 2.24) is 10.2 Å². The number of nitrogens with zero attached hydrogens (tertiary/aromatic N) is 1. The number of hydrogen-bond donors (Lipinski definition) is 2. The number of nitrogens with two attached hydrogens (primary N) is 1. The van der Waals surface area contributed by atoms with Gasteiger partial charge in [0.1, 0.15) is 0 Å². The molecule has 4 nitrogen and oxygen atoms in total. The fourth-order valence-electron chi connectivity index (χ4n) is 2.69. The molecule has 2 aliphatic heterocycles. The Morgan fingerprint density at radius 3 is 2.53 bits per heavy atom. The number of nitrogens with one attached hydrogen (secondary N) is 1. The largest absolute Gasteiger partial charge is 0.369 e. The molecule has 86 valence electrons. The van der Waals surface area contributed by atoms with Gasteiger partial charge in [0.15, 0.2) is 0 Å². The van der Waals surface area contributed by atoms with Crippen molar-refractivity contribution in [1.29, 1.82) is 0 Å². The Balaban J connectivity index is 1.79. The molecular weight excluding hydrogens is 190 g/mol. The highest BCUT2D eigenvalue weighted by Gasteiger charge is 2.27. The maximum absolute atomic E-state index is 11.0. The summed E-state index contributed by atoms with van der Waals surface area (Å²) in [4.78, 5) is 13.5. The zero-order valence-corrected chi connectivity index (χ0v) is 9.24. The summed E-state index contributed by atoms with van der Waals surface area (Å²) in [5.74, 6) is 0.00854. The number of piperidine rings is 2. The van der Waals surface area contributed by atoms with E-state index in [9.17, 15) is 4.79 Å². The van der Waals surface area contributed by atoms with Crippen LogP contribution in [0.1, 0.15) is 25.7 Å². The number of carbonyl (C=O) groups is 1. The molecule has 0 aromatic rings. The molecule has 4 heteroatoms. The fourth-order valence-corrected chi connectivity index (χ4v) is 2.69. The van der Waals surface area contributed by atoms with Crippen molar-refractivity contribution < 1.29 is 4.79 Å². The average molecular weight is 211 g/mol. The van der Waals surface area contributed by atoms with E-state index in [-0.39, 0.29) is 11.8 Å². The van der Waals surface area contributed by atoms with E-state index in [2.05, 4.69) is 10.2 Å². The maximum Gasteiger partial charge on any atom is 0.220 e. The molecular formula is C11H21N3O. The van der Waals surface area contributed by atoms with Crippen LogP contribution in [0.2, 0.25) is 0 Å². The van der Waals surface area contributed by atoms with Gasteiger partial charge < -0.3 is 11.1 Å². The van der Waals surface area contributed by atoms with Crippen molar-refractivity contribution in [3.63, 3.8) is 0 Å². The Morgan fingerprint density at radius 1 is 1.27 bits per heavy atom. The molecule has 0 spiro atoms. The van der Waals surface area contributed by atoms with Crippen molar-refractivity contribution in [2.45, 2.75) is 31.7 Å². The van der Waals surface area contributed by atoms with Gasteiger partial charge in [0.25, 0.3) is 0 Å². The molecule has 0 aromatic carbocycles. The molecule has 0 saturated carbocycles. The van der Waals surface area contributed by atoms with E-state index < -0.39 is 0 Å². The van der Waals surface area contributed by atoms with E-state index in [1.807, 2.05) is 0 Å². The third kappa shape index (κ3) is 2.69. The second-order valence-electron chi connectivity index (χ2n) is 4.71. The lowest BCUT2D eigenvalue weighted by Crippen LogP contribution is -2.50. The molecule has 0 radical (unpaired) electrons. The van der Waals surface area contributed by atoms with E-state index in [0.717, 1.165) is 39.0 Å². The van der Waals surface area contributed by atoms with Gasteiger partial charge in [0.05, 0.1) is 0 Å². The fraction of sp³-hybridized carbons (Fsp3) is 0.909. The minimum atomic E-state index is -0.114. The van der Waals surface area contributed by atoms with Crippen LogP contribution in [0.4, 0.5) is 0 Å².